The normalized spacial score (nSPS) is 21.5. The number of carbonyl (C=O) groups is 1. The third-order valence-corrected chi connectivity index (χ3v) is 5.98. The Balaban J connectivity index is 1.96. The highest BCUT2D eigenvalue weighted by Gasteiger charge is 2.37. The number of nitrogens with zero attached hydrogens (tertiary/aromatic N) is 1. The Morgan fingerprint density at radius 3 is 2.28 bits per heavy atom. The van der Waals surface area contributed by atoms with Crippen molar-refractivity contribution in [1.82, 2.24) is 0 Å². The zero-order valence-electron chi connectivity index (χ0n) is 18.0. The minimum Gasteiger partial charge on any atom is -0.497 e. The van der Waals surface area contributed by atoms with Crippen molar-refractivity contribution in [2.75, 3.05) is 40.3 Å². The molecule has 0 heterocycles. The highest BCUT2D eigenvalue weighted by Crippen LogP contribution is 2.42. The average molecular weight is 398 g/mol. The minimum absolute atomic E-state index is 0.0872. The van der Waals surface area contributed by atoms with Gasteiger partial charge >= 0.3 is 0 Å². The van der Waals surface area contributed by atoms with Gasteiger partial charge in [0, 0.05) is 32.8 Å². The second-order valence-electron chi connectivity index (χ2n) is 7.80. The lowest BCUT2D eigenvalue weighted by atomic mass is 9.71. The Morgan fingerprint density at radius 1 is 0.966 bits per heavy atom. The monoisotopic (exact) mass is 397 g/mol. The van der Waals surface area contributed by atoms with Gasteiger partial charge in [0.15, 0.2) is 5.78 Å². The van der Waals surface area contributed by atoms with Crippen molar-refractivity contribution >= 4 is 11.5 Å². The maximum Gasteiger partial charge on any atom is 0.170 e. The molecule has 156 valence electrons. The molecule has 1 saturated carbocycles. The molecule has 0 aliphatic heterocycles. The number of hydrogen-bond acceptors (Lipinski definition) is 5. The summed E-state index contributed by atoms with van der Waals surface area (Å²) in [7, 11) is 8.98. The molecule has 2 aromatic carbocycles. The SMILES string of the molecule is COc1ccc(OC)c(C(=O)C2CC(OC)CCC2c2ccc(N(C)C)cc2)c1. The van der Waals surface area contributed by atoms with E-state index in [0.717, 1.165) is 18.5 Å². The van der Waals surface area contributed by atoms with Crippen LogP contribution in [0.1, 0.15) is 41.1 Å². The van der Waals surface area contributed by atoms with Gasteiger partial charge in [-0.05, 0) is 61.1 Å². The molecule has 2 aromatic rings. The Morgan fingerprint density at radius 2 is 1.69 bits per heavy atom. The number of rotatable bonds is 7. The lowest BCUT2D eigenvalue weighted by Gasteiger charge is -2.35. The van der Waals surface area contributed by atoms with Gasteiger partial charge in [-0.2, -0.15) is 0 Å². The molecule has 0 amide bonds. The number of benzene rings is 2. The molecule has 1 aliphatic rings. The predicted octanol–water partition coefficient (Wildman–Crippen LogP) is 4.55. The van der Waals surface area contributed by atoms with Crippen LogP contribution in [0.15, 0.2) is 42.5 Å². The first-order valence-corrected chi connectivity index (χ1v) is 10.0. The summed E-state index contributed by atoms with van der Waals surface area (Å²) in [5.41, 5.74) is 2.92. The van der Waals surface area contributed by atoms with E-state index in [9.17, 15) is 4.79 Å². The highest BCUT2D eigenvalue weighted by molar-refractivity contribution is 6.01. The van der Waals surface area contributed by atoms with Crippen LogP contribution in [0.5, 0.6) is 11.5 Å². The molecule has 3 unspecified atom stereocenters. The molecule has 0 bridgehead atoms. The van der Waals surface area contributed by atoms with E-state index in [0.29, 0.717) is 23.5 Å². The van der Waals surface area contributed by atoms with Crippen molar-refractivity contribution in [2.24, 2.45) is 5.92 Å². The Labute approximate surface area is 173 Å². The molecule has 3 atom stereocenters. The molecule has 0 N–H and O–H groups in total. The van der Waals surface area contributed by atoms with E-state index < -0.39 is 0 Å². The van der Waals surface area contributed by atoms with Crippen LogP contribution < -0.4 is 14.4 Å². The molecule has 1 aliphatic carbocycles. The van der Waals surface area contributed by atoms with Crippen LogP contribution in [0.3, 0.4) is 0 Å². The van der Waals surface area contributed by atoms with Gasteiger partial charge in [0.25, 0.3) is 0 Å². The first-order chi connectivity index (χ1) is 14.0. The van der Waals surface area contributed by atoms with Crippen LogP contribution in [0.25, 0.3) is 0 Å². The molecule has 29 heavy (non-hydrogen) atoms. The summed E-state index contributed by atoms with van der Waals surface area (Å²) < 4.78 is 16.5. The van der Waals surface area contributed by atoms with Crippen molar-refractivity contribution in [3.05, 3.63) is 53.6 Å². The quantitative estimate of drug-likeness (QED) is 0.642. The molecular formula is C24H31NO4. The van der Waals surface area contributed by atoms with Crippen LogP contribution in [-0.2, 0) is 4.74 Å². The second-order valence-corrected chi connectivity index (χ2v) is 7.80. The predicted molar refractivity (Wildman–Crippen MR) is 116 cm³/mol. The number of Topliss-reactive ketones (excluding diaryl/α,β-unsaturated/α-hetero) is 1. The topological polar surface area (TPSA) is 48.0 Å². The summed E-state index contributed by atoms with van der Waals surface area (Å²) in [5.74, 6) is 1.31. The van der Waals surface area contributed by atoms with Crippen molar-refractivity contribution in [3.8, 4) is 11.5 Å². The molecule has 5 heteroatoms. The van der Waals surface area contributed by atoms with E-state index in [1.165, 1.54) is 5.56 Å². The van der Waals surface area contributed by atoms with Gasteiger partial charge in [0.05, 0.1) is 25.9 Å². The molecule has 3 rings (SSSR count). The first kappa shape index (κ1) is 21.2. The number of methoxy groups -OCH3 is 3. The number of anilines is 1. The van der Waals surface area contributed by atoms with Gasteiger partial charge in [-0.1, -0.05) is 12.1 Å². The first-order valence-electron chi connectivity index (χ1n) is 10.0. The maximum atomic E-state index is 13.7. The van der Waals surface area contributed by atoms with E-state index in [4.69, 9.17) is 14.2 Å². The molecule has 0 saturated heterocycles. The molecule has 0 aromatic heterocycles. The van der Waals surface area contributed by atoms with Gasteiger partial charge < -0.3 is 19.1 Å². The maximum absolute atomic E-state index is 13.7. The van der Waals surface area contributed by atoms with E-state index in [2.05, 4.69) is 29.2 Å². The molecule has 0 radical (unpaired) electrons. The van der Waals surface area contributed by atoms with Crippen molar-refractivity contribution in [3.63, 3.8) is 0 Å². The van der Waals surface area contributed by atoms with Gasteiger partial charge in [-0.25, -0.2) is 0 Å². The smallest absolute Gasteiger partial charge is 0.170 e. The van der Waals surface area contributed by atoms with E-state index in [1.54, 1.807) is 33.5 Å². The highest BCUT2D eigenvalue weighted by atomic mass is 16.5. The van der Waals surface area contributed by atoms with E-state index >= 15 is 0 Å². The van der Waals surface area contributed by atoms with E-state index in [1.807, 2.05) is 20.2 Å². The fourth-order valence-electron chi connectivity index (χ4n) is 4.26. The average Bonchev–Trinajstić information content (AvgIpc) is 2.77. The Kier molecular flexibility index (Phi) is 6.80. The van der Waals surface area contributed by atoms with Gasteiger partial charge in [-0.15, -0.1) is 0 Å². The molecule has 0 spiro atoms. The third kappa shape index (κ3) is 4.56. The van der Waals surface area contributed by atoms with Crippen LogP contribution in [0.4, 0.5) is 5.69 Å². The third-order valence-electron chi connectivity index (χ3n) is 5.98. The van der Waals surface area contributed by atoms with E-state index in [-0.39, 0.29) is 23.7 Å². The van der Waals surface area contributed by atoms with Crippen LogP contribution in [0.2, 0.25) is 0 Å². The molecular weight excluding hydrogens is 366 g/mol. The standard InChI is InChI=1S/C24H31NO4/c1-25(2)17-8-6-16(7-9-17)20-12-10-18(27-3)14-21(20)24(26)22-15-19(28-4)11-13-23(22)29-5/h6-9,11,13,15,18,20-21H,10,12,14H2,1-5H3. The lowest BCUT2D eigenvalue weighted by Crippen LogP contribution is -2.33. The van der Waals surface area contributed by atoms with Crippen molar-refractivity contribution in [2.45, 2.75) is 31.3 Å². The molecule has 5 nitrogen and oxygen atoms in total. The summed E-state index contributed by atoms with van der Waals surface area (Å²) in [6.45, 7) is 0. The Bertz CT molecular complexity index is 831. The van der Waals surface area contributed by atoms with Gasteiger partial charge in [0.2, 0.25) is 0 Å². The fourth-order valence-corrected chi connectivity index (χ4v) is 4.26. The van der Waals surface area contributed by atoms with Crippen LogP contribution in [-0.4, -0.2) is 47.3 Å². The summed E-state index contributed by atoms with van der Waals surface area (Å²) in [6, 6.07) is 13.9. The largest absolute Gasteiger partial charge is 0.497 e. The molecule has 1 fully saturated rings. The number of ether oxygens (including phenoxy) is 3. The lowest BCUT2D eigenvalue weighted by molar-refractivity contribution is 0.0388. The number of carbonyl (C=O) groups excluding carboxylic acids is 1. The summed E-state index contributed by atoms with van der Waals surface area (Å²) in [6.07, 6.45) is 2.67. The zero-order chi connectivity index (χ0) is 21.0. The summed E-state index contributed by atoms with van der Waals surface area (Å²) in [5, 5.41) is 0. The van der Waals surface area contributed by atoms with Gasteiger partial charge in [-0.3, -0.25) is 4.79 Å². The minimum atomic E-state index is -0.167. The van der Waals surface area contributed by atoms with Crippen molar-refractivity contribution in [1.29, 1.82) is 0 Å². The fraction of sp³-hybridized carbons (Fsp3) is 0.458. The Hall–Kier alpha value is -2.53. The number of hydrogen-bond donors (Lipinski definition) is 0. The van der Waals surface area contributed by atoms with Crippen molar-refractivity contribution < 1.29 is 19.0 Å². The number of ketones is 1. The van der Waals surface area contributed by atoms with Crippen LogP contribution in [0, 0.1) is 5.92 Å². The van der Waals surface area contributed by atoms with Gasteiger partial charge in [0.1, 0.15) is 11.5 Å². The second kappa shape index (κ2) is 9.31. The summed E-state index contributed by atoms with van der Waals surface area (Å²) in [4.78, 5) is 15.7. The summed E-state index contributed by atoms with van der Waals surface area (Å²) >= 11 is 0. The van der Waals surface area contributed by atoms with Crippen LogP contribution >= 0.6 is 0 Å². The zero-order valence-corrected chi connectivity index (χ0v) is 18.0.